The third kappa shape index (κ3) is 4.28. The van der Waals surface area contributed by atoms with E-state index in [0.717, 1.165) is 24.3 Å². The molecule has 1 aromatic carbocycles. The van der Waals surface area contributed by atoms with Crippen molar-refractivity contribution in [2.45, 2.75) is 20.0 Å². The summed E-state index contributed by atoms with van der Waals surface area (Å²) in [6.45, 7) is 4.32. The fraction of sp³-hybridized carbons (Fsp3) is 0.250. The highest BCUT2D eigenvalue weighted by Gasteiger charge is 2.11. The molecule has 2 aromatic rings. The van der Waals surface area contributed by atoms with Crippen molar-refractivity contribution < 1.29 is 9.90 Å². The summed E-state index contributed by atoms with van der Waals surface area (Å²) < 4.78 is 0. The fourth-order valence-electron chi connectivity index (χ4n) is 2.05. The van der Waals surface area contributed by atoms with Gasteiger partial charge in [-0.3, -0.25) is 9.88 Å². The van der Waals surface area contributed by atoms with E-state index in [1.165, 1.54) is 6.07 Å². The molecular weight excluding hydrogens is 288 g/mol. The van der Waals surface area contributed by atoms with Gasteiger partial charge in [0.05, 0.1) is 11.3 Å². The lowest BCUT2D eigenvalue weighted by molar-refractivity contribution is 0.0697. The maximum absolute atomic E-state index is 10.9. The van der Waals surface area contributed by atoms with Crippen molar-refractivity contribution in [2.75, 3.05) is 6.54 Å². The topological polar surface area (TPSA) is 53.4 Å². The van der Waals surface area contributed by atoms with Gasteiger partial charge in [-0.15, -0.1) is 0 Å². The van der Waals surface area contributed by atoms with Gasteiger partial charge in [0.1, 0.15) is 0 Å². The number of nitrogens with zero attached hydrogens (tertiary/aromatic N) is 2. The Balaban J connectivity index is 2.10. The van der Waals surface area contributed by atoms with E-state index in [4.69, 9.17) is 16.7 Å². The van der Waals surface area contributed by atoms with E-state index in [1.807, 2.05) is 18.2 Å². The molecule has 0 saturated carbocycles. The molecule has 0 aliphatic carbocycles. The van der Waals surface area contributed by atoms with Gasteiger partial charge in [0, 0.05) is 24.3 Å². The van der Waals surface area contributed by atoms with Crippen LogP contribution in [0.5, 0.6) is 0 Å². The molecule has 0 radical (unpaired) electrons. The first kappa shape index (κ1) is 15.5. The molecule has 21 heavy (non-hydrogen) atoms. The van der Waals surface area contributed by atoms with E-state index < -0.39 is 5.97 Å². The SMILES string of the molecule is CCN(Cc1ccccn1)Cc1ccc(C(=O)O)cc1Cl. The minimum absolute atomic E-state index is 0.205. The lowest BCUT2D eigenvalue weighted by atomic mass is 10.1. The number of carboxylic acids is 1. The third-order valence-corrected chi connectivity index (χ3v) is 3.60. The van der Waals surface area contributed by atoms with Crippen LogP contribution in [0.4, 0.5) is 0 Å². The number of aromatic nitrogens is 1. The van der Waals surface area contributed by atoms with Gasteiger partial charge in [0.25, 0.3) is 0 Å². The van der Waals surface area contributed by atoms with Gasteiger partial charge in [-0.05, 0) is 36.4 Å². The molecule has 0 amide bonds. The molecule has 2 rings (SSSR count). The van der Waals surface area contributed by atoms with E-state index in [0.29, 0.717) is 11.6 Å². The molecule has 0 unspecified atom stereocenters. The van der Waals surface area contributed by atoms with Crippen LogP contribution in [0.1, 0.15) is 28.5 Å². The van der Waals surface area contributed by atoms with Crippen molar-refractivity contribution in [1.82, 2.24) is 9.88 Å². The van der Waals surface area contributed by atoms with Crippen LogP contribution in [0, 0.1) is 0 Å². The maximum Gasteiger partial charge on any atom is 0.335 e. The Morgan fingerprint density at radius 3 is 2.67 bits per heavy atom. The number of carboxylic acid groups (broad SMARTS) is 1. The van der Waals surface area contributed by atoms with Gasteiger partial charge in [-0.1, -0.05) is 30.7 Å². The Hall–Kier alpha value is -1.91. The molecule has 0 spiro atoms. The highest BCUT2D eigenvalue weighted by Crippen LogP contribution is 2.20. The van der Waals surface area contributed by atoms with Crippen LogP contribution >= 0.6 is 11.6 Å². The quantitative estimate of drug-likeness (QED) is 0.888. The zero-order valence-corrected chi connectivity index (χ0v) is 12.5. The highest BCUT2D eigenvalue weighted by molar-refractivity contribution is 6.31. The second kappa shape index (κ2) is 7.20. The van der Waals surface area contributed by atoms with Gasteiger partial charge < -0.3 is 5.11 Å². The number of aromatic carboxylic acids is 1. The number of carbonyl (C=O) groups is 1. The molecule has 4 nitrogen and oxygen atoms in total. The Morgan fingerprint density at radius 1 is 1.29 bits per heavy atom. The zero-order chi connectivity index (χ0) is 15.2. The predicted octanol–water partition coefficient (Wildman–Crippen LogP) is 3.46. The van der Waals surface area contributed by atoms with Crippen molar-refractivity contribution in [3.63, 3.8) is 0 Å². The first-order valence-electron chi connectivity index (χ1n) is 6.74. The molecule has 0 bridgehead atoms. The Labute approximate surface area is 129 Å². The Morgan fingerprint density at radius 2 is 2.10 bits per heavy atom. The van der Waals surface area contributed by atoms with Crippen LogP contribution in [0.25, 0.3) is 0 Å². The normalized spacial score (nSPS) is 10.8. The first-order chi connectivity index (χ1) is 10.1. The van der Waals surface area contributed by atoms with Crippen molar-refractivity contribution in [3.8, 4) is 0 Å². The van der Waals surface area contributed by atoms with Gasteiger partial charge in [-0.2, -0.15) is 0 Å². The minimum atomic E-state index is -0.968. The molecule has 5 heteroatoms. The first-order valence-corrected chi connectivity index (χ1v) is 7.12. The van der Waals surface area contributed by atoms with Crippen LogP contribution in [-0.2, 0) is 13.1 Å². The summed E-state index contributed by atoms with van der Waals surface area (Å²) in [5.41, 5.74) is 2.12. The van der Waals surface area contributed by atoms with Gasteiger partial charge in [0.15, 0.2) is 0 Å². The molecule has 1 N–H and O–H groups in total. The summed E-state index contributed by atoms with van der Waals surface area (Å²) >= 11 is 6.17. The average Bonchev–Trinajstić information content (AvgIpc) is 2.49. The average molecular weight is 305 g/mol. The number of hydrogen-bond acceptors (Lipinski definition) is 3. The third-order valence-electron chi connectivity index (χ3n) is 3.25. The van der Waals surface area contributed by atoms with E-state index in [2.05, 4.69) is 16.8 Å². The van der Waals surface area contributed by atoms with Crippen LogP contribution in [0.3, 0.4) is 0 Å². The number of hydrogen-bond donors (Lipinski definition) is 1. The molecular formula is C16H17ClN2O2. The maximum atomic E-state index is 10.9. The molecule has 110 valence electrons. The number of benzene rings is 1. The molecule has 1 heterocycles. The van der Waals surface area contributed by atoms with E-state index >= 15 is 0 Å². The minimum Gasteiger partial charge on any atom is -0.478 e. The largest absolute Gasteiger partial charge is 0.478 e. The molecule has 0 fully saturated rings. The van der Waals surface area contributed by atoms with Gasteiger partial charge in [0.2, 0.25) is 0 Å². The lowest BCUT2D eigenvalue weighted by Crippen LogP contribution is -2.23. The zero-order valence-electron chi connectivity index (χ0n) is 11.8. The van der Waals surface area contributed by atoms with Gasteiger partial charge >= 0.3 is 5.97 Å². The fourth-order valence-corrected chi connectivity index (χ4v) is 2.29. The Bertz CT molecular complexity index is 617. The van der Waals surface area contributed by atoms with Crippen molar-refractivity contribution in [1.29, 1.82) is 0 Å². The standard InChI is InChI=1S/C16H17ClN2O2/c1-2-19(11-14-5-3-4-8-18-14)10-13-7-6-12(16(20)21)9-15(13)17/h3-9H,2,10-11H2,1H3,(H,20,21). The predicted molar refractivity (Wildman–Crippen MR) is 82.4 cm³/mol. The molecule has 1 aromatic heterocycles. The molecule has 0 atom stereocenters. The van der Waals surface area contributed by atoms with Crippen LogP contribution in [0.15, 0.2) is 42.6 Å². The Kier molecular flexibility index (Phi) is 5.31. The summed E-state index contributed by atoms with van der Waals surface area (Å²) in [6, 6.07) is 10.7. The summed E-state index contributed by atoms with van der Waals surface area (Å²) in [7, 11) is 0. The summed E-state index contributed by atoms with van der Waals surface area (Å²) in [4.78, 5) is 17.4. The summed E-state index contributed by atoms with van der Waals surface area (Å²) in [6.07, 6.45) is 1.78. The molecule has 0 saturated heterocycles. The second-order valence-electron chi connectivity index (χ2n) is 4.74. The van der Waals surface area contributed by atoms with Crippen molar-refractivity contribution in [2.24, 2.45) is 0 Å². The van der Waals surface area contributed by atoms with Crippen LogP contribution < -0.4 is 0 Å². The smallest absolute Gasteiger partial charge is 0.335 e. The summed E-state index contributed by atoms with van der Waals surface area (Å²) in [5.74, 6) is -0.968. The second-order valence-corrected chi connectivity index (χ2v) is 5.14. The van der Waals surface area contributed by atoms with Crippen LogP contribution in [-0.4, -0.2) is 27.5 Å². The lowest BCUT2D eigenvalue weighted by Gasteiger charge is -2.20. The van der Waals surface area contributed by atoms with E-state index in [9.17, 15) is 4.79 Å². The molecule has 0 aliphatic rings. The van der Waals surface area contributed by atoms with Gasteiger partial charge in [-0.25, -0.2) is 4.79 Å². The summed E-state index contributed by atoms with van der Waals surface area (Å²) in [5, 5.41) is 9.43. The van der Waals surface area contributed by atoms with Crippen molar-refractivity contribution >= 4 is 17.6 Å². The monoisotopic (exact) mass is 304 g/mol. The number of pyridine rings is 1. The van der Waals surface area contributed by atoms with E-state index in [1.54, 1.807) is 18.3 Å². The van der Waals surface area contributed by atoms with Crippen molar-refractivity contribution in [3.05, 3.63) is 64.4 Å². The van der Waals surface area contributed by atoms with Crippen LogP contribution in [0.2, 0.25) is 5.02 Å². The molecule has 0 aliphatic heterocycles. The van der Waals surface area contributed by atoms with E-state index in [-0.39, 0.29) is 5.56 Å². The number of halogens is 1. The highest BCUT2D eigenvalue weighted by atomic mass is 35.5. The number of rotatable bonds is 6.